The lowest BCUT2D eigenvalue weighted by atomic mass is 10.0. The highest BCUT2D eigenvalue weighted by molar-refractivity contribution is 6.05. The highest BCUT2D eigenvalue weighted by Gasteiger charge is 2.22. The molecule has 36 heavy (non-hydrogen) atoms. The number of allylic oxidation sites excluding steroid dienone is 2. The van der Waals surface area contributed by atoms with Crippen LogP contribution in [0.15, 0.2) is 73.4 Å². The van der Waals surface area contributed by atoms with Crippen LogP contribution in [0.2, 0.25) is 0 Å². The normalized spacial score (nSPS) is 14.6. The standard InChI is InChI=1S/C29H34N6O/c1-6-7-24(20-33(2)3)21-8-9-23-19-31-27(17-25(23)16-21)32-29(36)22-10-13-30-28(18-22)35-14-11-26(12-15-35)34(4)5/h7-10,13,16-20,26H,1,11-12,14-15H2,2-5H3,(H,31,32,36)/b24-20+. The molecule has 3 aromatic rings. The van der Waals surface area contributed by atoms with Gasteiger partial charge in [-0.1, -0.05) is 18.7 Å². The lowest BCUT2D eigenvalue weighted by Gasteiger charge is -2.35. The van der Waals surface area contributed by atoms with Gasteiger partial charge in [-0.3, -0.25) is 4.79 Å². The number of pyridine rings is 2. The fraction of sp³-hybridized carbons (Fsp3) is 0.310. The molecule has 4 rings (SSSR count). The number of fused-ring (bicyclic) bond motifs is 1. The summed E-state index contributed by atoms with van der Waals surface area (Å²) in [5, 5.41) is 4.93. The van der Waals surface area contributed by atoms with Crippen molar-refractivity contribution in [1.29, 1.82) is 0 Å². The van der Waals surface area contributed by atoms with E-state index in [1.807, 2.05) is 55.5 Å². The van der Waals surface area contributed by atoms with E-state index in [0.717, 1.165) is 53.7 Å². The predicted molar refractivity (Wildman–Crippen MR) is 148 cm³/mol. The highest BCUT2D eigenvalue weighted by Crippen LogP contribution is 2.25. The lowest BCUT2D eigenvalue weighted by Crippen LogP contribution is -2.42. The third-order valence-electron chi connectivity index (χ3n) is 6.48. The third kappa shape index (κ3) is 6.00. The average molecular weight is 483 g/mol. The minimum Gasteiger partial charge on any atom is -0.383 e. The van der Waals surface area contributed by atoms with Crippen molar-refractivity contribution >= 4 is 33.9 Å². The molecule has 1 aliphatic heterocycles. The zero-order valence-corrected chi connectivity index (χ0v) is 21.5. The molecule has 7 nitrogen and oxygen atoms in total. The molecule has 1 fully saturated rings. The number of carbonyl (C=O) groups excluding carboxylic acids is 1. The minimum atomic E-state index is -0.201. The van der Waals surface area contributed by atoms with Crippen molar-refractivity contribution in [3.63, 3.8) is 0 Å². The Balaban J connectivity index is 1.52. The Labute approximate surface area is 213 Å². The second kappa shape index (κ2) is 11.2. The van der Waals surface area contributed by atoms with E-state index in [-0.39, 0.29) is 5.91 Å². The fourth-order valence-electron chi connectivity index (χ4n) is 4.50. The Morgan fingerprint density at radius 3 is 2.53 bits per heavy atom. The lowest BCUT2D eigenvalue weighted by molar-refractivity contribution is 0.102. The van der Waals surface area contributed by atoms with Gasteiger partial charge in [-0.2, -0.15) is 0 Å². The first-order valence-corrected chi connectivity index (χ1v) is 12.2. The number of nitrogens with one attached hydrogen (secondary N) is 1. The van der Waals surface area contributed by atoms with Crippen molar-refractivity contribution in [2.45, 2.75) is 18.9 Å². The van der Waals surface area contributed by atoms with E-state index in [4.69, 9.17) is 0 Å². The first kappa shape index (κ1) is 25.2. The van der Waals surface area contributed by atoms with Crippen LogP contribution in [0, 0.1) is 0 Å². The van der Waals surface area contributed by atoms with E-state index in [1.54, 1.807) is 18.5 Å². The molecule has 1 N–H and O–H groups in total. The van der Waals surface area contributed by atoms with Crippen LogP contribution in [-0.2, 0) is 0 Å². The summed E-state index contributed by atoms with van der Waals surface area (Å²) < 4.78 is 0. The second-order valence-corrected chi connectivity index (χ2v) is 9.57. The van der Waals surface area contributed by atoms with Crippen molar-refractivity contribution in [2.75, 3.05) is 51.5 Å². The maximum absolute atomic E-state index is 13.1. The molecule has 186 valence electrons. The first-order chi connectivity index (χ1) is 17.3. The fourth-order valence-corrected chi connectivity index (χ4v) is 4.50. The van der Waals surface area contributed by atoms with Gasteiger partial charge >= 0.3 is 0 Å². The molecule has 0 saturated carbocycles. The summed E-state index contributed by atoms with van der Waals surface area (Å²) in [6.45, 7) is 5.57. The van der Waals surface area contributed by atoms with Gasteiger partial charge in [0.1, 0.15) is 11.6 Å². The van der Waals surface area contributed by atoms with Gasteiger partial charge in [0.25, 0.3) is 5.91 Å². The van der Waals surface area contributed by atoms with Crippen molar-refractivity contribution < 1.29 is 4.79 Å². The number of aromatic nitrogens is 2. The molecule has 0 unspecified atom stereocenters. The van der Waals surface area contributed by atoms with Crippen LogP contribution >= 0.6 is 0 Å². The Bertz CT molecular complexity index is 1310. The maximum atomic E-state index is 13.1. The number of piperidine rings is 1. The summed E-state index contributed by atoms with van der Waals surface area (Å²) in [4.78, 5) is 28.6. The van der Waals surface area contributed by atoms with Gasteiger partial charge < -0.3 is 20.0 Å². The predicted octanol–water partition coefficient (Wildman–Crippen LogP) is 4.66. The Morgan fingerprint density at radius 1 is 1.06 bits per heavy atom. The van der Waals surface area contributed by atoms with Gasteiger partial charge in [0.05, 0.1) is 0 Å². The number of hydrogen-bond donors (Lipinski definition) is 1. The van der Waals surface area contributed by atoms with Crippen LogP contribution in [0.5, 0.6) is 0 Å². The average Bonchev–Trinajstić information content (AvgIpc) is 2.88. The molecule has 1 aliphatic rings. The minimum absolute atomic E-state index is 0.201. The summed E-state index contributed by atoms with van der Waals surface area (Å²) in [6.07, 6.45) is 9.53. The SMILES string of the molecule is C=C=C/C(=C\N(C)C)c1ccc2cnc(NC(=O)c3ccnc(N4CCC(N(C)C)CC4)c3)cc2c1. The molecule has 2 aromatic heterocycles. The number of anilines is 2. The number of benzene rings is 1. The number of hydrogen-bond acceptors (Lipinski definition) is 6. The largest absolute Gasteiger partial charge is 0.383 e. The number of carbonyl (C=O) groups is 1. The maximum Gasteiger partial charge on any atom is 0.257 e. The third-order valence-corrected chi connectivity index (χ3v) is 6.48. The highest BCUT2D eigenvalue weighted by atomic mass is 16.1. The smallest absolute Gasteiger partial charge is 0.257 e. The summed E-state index contributed by atoms with van der Waals surface area (Å²) in [7, 11) is 8.21. The van der Waals surface area contributed by atoms with Gasteiger partial charge in [0.15, 0.2) is 0 Å². The number of nitrogens with zero attached hydrogens (tertiary/aromatic N) is 5. The van der Waals surface area contributed by atoms with Gasteiger partial charge in [-0.05, 0) is 68.2 Å². The molecule has 0 spiro atoms. The van der Waals surface area contributed by atoms with E-state index in [0.29, 0.717) is 17.4 Å². The van der Waals surface area contributed by atoms with Crippen LogP contribution in [0.1, 0.15) is 28.8 Å². The van der Waals surface area contributed by atoms with Crippen molar-refractivity contribution in [2.24, 2.45) is 0 Å². The van der Waals surface area contributed by atoms with Crippen LogP contribution in [0.25, 0.3) is 16.3 Å². The van der Waals surface area contributed by atoms with E-state index in [1.165, 1.54) is 0 Å². The van der Waals surface area contributed by atoms with Gasteiger partial charge in [0, 0.05) is 68.3 Å². The van der Waals surface area contributed by atoms with E-state index in [2.05, 4.69) is 57.6 Å². The molecule has 7 heteroatoms. The molecule has 0 bridgehead atoms. The van der Waals surface area contributed by atoms with Crippen LogP contribution < -0.4 is 10.2 Å². The first-order valence-electron chi connectivity index (χ1n) is 12.2. The molecule has 0 aliphatic carbocycles. The quantitative estimate of drug-likeness (QED) is 0.391. The van der Waals surface area contributed by atoms with E-state index >= 15 is 0 Å². The molecule has 1 amide bonds. The zero-order valence-electron chi connectivity index (χ0n) is 21.5. The summed E-state index contributed by atoms with van der Waals surface area (Å²) >= 11 is 0. The summed E-state index contributed by atoms with van der Waals surface area (Å²) in [5.41, 5.74) is 5.46. The monoisotopic (exact) mass is 482 g/mol. The molecule has 3 heterocycles. The zero-order chi connectivity index (χ0) is 25.7. The van der Waals surface area contributed by atoms with Gasteiger partial charge in [-0.15, -0.1) is 5.73 Å². The Kier molecular flexibility index (Phi) is 7.84. The van der Waals surface area contributed by atoms with Crippen LogP contribution in [-0.4, -0.2) is 73.0 Å². The molecule has 1 aromatic carbocycles. The Morgan fingerprint density at radius 2 is 1.83 bits per heavy atom. The number of rotatable bonds is 7. The molecular formula is C29H34N6O. The second-order valence-electron chi connectivity index (χ2n) is 9.57. The Hall–Kier alpha value is -3.93. The van der Waals surface area contributed by atoms with E-state index < -0.39 is 0 Å². The van der Waals surface area contributed by atoms with Crippen molar-refractivity contribution in [3.8, 4) is 0 Å². The van der Waals surface area contributed by atoms with Crippen LogP contribution in [0.3, 0.4) is 0 Å². The molecule has 1 saturated heterocycles. The number of amides is 1. The van der Waals surface area contributed by atoms with Gasteiger partial charge in [0.2, 0.25) is 0 Å². The molecule has 0 radical (unpaired) electrons. The topological polar surface area (TPSA) is 64.6 Å². The van der Waals surface area contributed by atoms with Crippen LogP contribution in [0.4, 0.5) is 11.6 Å². The van der Waals surface area contributed by atoms with Crippen molar-refractivity contribution in [1.82, 2.24) is 19.8 Å². The molecular weight excluding hydrogens is 448 g/mol. The van der Waals surface area contributed by atoms with Crippen molar-refractivity contribution in [3.05, 3.63) is 84.5 Å². The molecule has 0 atom stereocenters. The van der Waals surface area contributed by atoms with Gasteiger partial charge in [-0.25, -0.2) is 9.97 Å². The van der Waals surface area contributed by atoms with E-state index in [9.17, 15) is 4.79 Å². The summed E-state index contributed by atoms with van der Waals surface area (Å²) in [5.74, 6) is 1.14. The summed E-state index contributed by atoms with van der Waals surface area (Å²) in [6, 6.07) is 12.3.